The number of hydrogen-bond donors (Lipinski definition) is 0. The standard InChI is InChI=1S/C51H40O/c1-29-25-32(4)50-42(28-29)48-39(18-12-20-44(48)52-50)47-37-16-9-7-14-35(37)46(36-15-8-10-17-38(36)47)34-23-21-33(22-24-34)40-26-30(2)27-41-45-31(3)13-11-19-43(45)51(5,6)49(40)41/h7-28H,1-6H3/i7D,8D,9D,10D,11D,12D,13D,14D,15D,16D,17D,18D,19D,20D,21D,22D,23D,24D,25D,26D,27D,28D. The van der Waals surface area contributed by atoms with Crippen LogP contribution in [-0.4, -0.2) is 0 Å². The van der Waals surface area contributed by atoms with E-state index in [1.165, 1.54) is 20.8 Å². The molecule has 0 atom stereocenters. The smallest absolute Gasteiger partial charge is 0.138 e. The average Bonchev–Trinajstić information content (AvgIpc) is 3.87. The van der Waals surface area contributed by atoms with E-state index in [1.807, 2.05) is 0 Å². The van der Waals surface area contributed by atoms with Crippen molar-refractivity contribution in [3.8, 4) is 44.5 Å². The number of fused-ring (bicyclic) bond motifs is 8. The molecule has 0 unspecified atom stereocenters. The highest BCUT2D eigenvalue weighted by Gasteiger charge is 2.38. The Bertz CT molecular complexity index is 4110. The molecule has 0 radical (unpaired) electrons. The Balaban J connectivity index is 1.45. The van der Waals surface area contributed by atoms with Crippen LogP contribution >= 0.6 is 0 Å². The molecule has 0 amide bonds. The normalized spacial score (nSPS) is 19.3. The van der Waals surface area contributed by atoms with Crippen LogP contribution in [0.25, 0.3) is 88.0 Å². The van der Waals surface area contributed by atoms with Gasteiger partial charge in [-0.25, -0.2) is 0 Å². The summed E-state index contributed by atoms with van der Waals surface area (Å²) >= 11 is 0. The second-order valence-corrected chi connectivity index (χ2v) is 13.6. The fourth-order valence-corrected chi connectivity index (χ4v) is 7.85. The third kappa shape index (κ3) is 4.29. The van der Waals surface area contributed by atoms with Crippen molar-refractivity contribution in [2.24, 2.45) is 0 Å². The fourth-order valence-electron chi connectivity index (χ4n) is 7.85. The first kappa shape index (κ1) is 15.8. The fraction of sp³-hybridized carbons (Fsp3) is 0.137. The molecule has 1 aromatic heterocycles. The maximum Gasteiger partial charge on any atom is 0.138 e. The number of rotatable bonds is 3. The summed E-state index contributed by atoms with van der Waals surface area (Å²) in [5, 5.41) is -2.49. The quantitative estimate of drug-likeness (QED) is 0.168. The van der Waals surface area contributed by atoms with Crippen LogP contribution in [0.3, 0.4) is 0 Å². The minimum atomic E-state index is -1.33. The van der Waals surface area contributed by atoms with Crippen molar-refractivity contribution in [3.63, 3.8) is 0 Å². The number of benzene rings is 8. The second kappa shape index (κ2) is 11.0. The molecule has 0 fully saturated rings. The monoisotopic (exact) mass is 690 g/mol. The minimum absolute atomic E-state index is 0.0557. The zero-order valence-electron chi connectivity index (χ0n) is 50.9. The first-order valence-electron chi connectivity index (χ1n) is 27.7. The van der Waals surface area contributed by atoms with Crippen LogP contribution in [0.15, 0.2) is 137 Å². The van der Waals surface area contributed by atoms with Crippen molar-refractivity contribution in [2.45, 2.75) is 47.0 Å². The van der Waals surface area contributed by atoms with Crippen LogP contribution in [0.1, 0.15) is 77.4 Å². The van der Waals surface area contributed by atoms with Gasteiger partial charge in [-0.3, -0.25) is 0 Å². The summed E-state index contributed by atoms with van der Waals surface area (Å²) in [5.41, 5.74) is -2.91. The van der Waals surface area contributed by atoms with Gasteiger partial charge in [0.15, 0.2) is 0 Å². The third-order valence-corrected chi connectivity index (χ3v) is 9.99. The summed E-state index contributed by atoms with van der Waals surface area (Å²) in [6.07, 6.45) is 0. The lowest BCUT2D eigenvalue weighted by molar-refractivity contribution is 0.661. The van der Waals surface area contributed by atoms with E-state index < -0.39 is 145 Å². The predicted molar refractivity (Wildman–Crippen MR) is 222 cm³/mol. The van der Waals surface area contributed by atoms with Crippen LogP contribution in [0.5, 0.6) is 0 Å². The van der Waals surface area contributed by atoms with Gasteiger partial charge in [0.2, 0.25) is 0 Å². The molecule has 0 N–H and O–H groups in total. The van der Waals surface area contributed by atoms with E-state index in [4.69, 9.17) is 18.1 Å². The summed E-state index contributed by atoms with van der Waals surface area (Å²) in [6, 6.07) is -14.2. The topological polar surface area (TPSA) is 13.1 Å². The Kier molecular flexibility index (Phi) is 3.35. The molecule has 1 aliphatic rings. The molecule has 1 heterocycles. The number of hydrogen-bond acceptors (Lipinski definition) is 1. The van der Waals surface area contributed by atoms with Gasteiger partial charge in [-0.2, -0.15) is 0 Å². The van der Waals surface area contributed by atoms with E-state index in [1.54, 1.807) is 20.8 Å². The lowest BCUT2D eigenvalue weighted by Crippen LogP contribution is -2.16. The van der Waals surface area contributed by atoms with E-state index in [2.05, 4.69) is 0 Å². The van der Waals surface area contributed by atoms with Crippen LogP contribution < -0.4 is 0 Å². The highest BCUT2D eigenvalue weighted by molar-refractivity contribution is 6.25. The maximum atomic E-state index is 9.85. The Morgan fingerprint density at radius 3 is 1.77 bits per heavy atom. The summed E-state index contributed by atoms with van der Waals surface area (Å²) in [7, 11) is 0. The highest BCUT2D eigenvalue weighted by atomic mass is 16.3. The van der Waals surface area contributed by atoms with Crippen LogP contribution in [0, 0.1) is 27.7 Å². The highest BCUT2D eigenvalue weighted by Crippen LogP contribution is 2.54. The molecule has 250 valence electrons. The SMILES string of the molecule is [2H]c1c([2H])c(C)c2c(c1[2H])C(C)(C)c1c(-c3c([2H])c([2H])c(-c4c5c([2H])c([2H])c([2H])c([2H])c5c(-c5c([2H])c([2H])c([2H])c6oc7c(C)c([2H])c(C)c([2H])c7c56)c5c([2H])c([2H])c([2H])c([2H])c45)c([2H])c3[2H])c([2H])c(C)c([2H])c1-2. The zero-order chi connectivity index (χ0) is 54.6. The van der Waals surface area contributed by atoms with Crippen molar-refractivity contribution in [1.82, 2.24) is 0 Å². The first-order chi connectivity index (χ1) is 34.4. The Morgan fingerprint density at radius 2 is 1.08 bits per heavy atom. The summed E-state index contributed by atoms with van der Waals surface area (Å²) in [4.78, 5) is 0. The molecule has 0 bridgehead atoms. The minimum Gasteiger partial charge on any atom is -0.456 e. The molecular formula is C51H40O. The van der Waals surface area contributed by atoms with Gasteiger partial charge in [-0.15, -0.1) is 0 Å². The van der Waals surface area contributed by atoms with Gasteiger partial charge in [0.25, 0.3) is 0 Å². The predicted octanol–water partition coefficient (Wildman–Crippen LogP) is 14.4. The molecule has 1 aliphatic carbocycles. The first-order valence-corrected chi connectivity index (χ1v) is 16.7. The molecule has 9 aromatic rings. The zero-order valence-corrected chi connectivity index (χ0v) is 28.9. The van der Waals surface area contributed by atoms with Crippen molar-refractivity contribution in [3.05, 3.63) is 166 Å². The number of furan rings is 1. The maximum absolute atomic E-state index is 9.85. The van der Waals surface area contributed by atoms with Crippen molar-refractivity contribution in [1.29, 1.82) is 0 Å². The molecule has 0 saturated heterocycles. The Morgan fingerprint density at radius 1 is 0.481 bits per heavy atom. The van der Waals surface area contributed by atoms with Gasteiger partial charge in [0.05, 0.1) is 30.2 Å². The number of aryl methyl sites for hydroxylation is 1. The Hall–Kier alpha value is -5.92. The van der Waals surface area contributed by atoms with E-state index >= 15 is 0 Å². The van der Waals surface area contributed by atoms with Crippen molar-refractivity contribution >= 4 is 43.5 Å². The third-order valence-electron chi connectivity index (χ3n) is 9.99. The van der Waals surface area contributed by atoms with Gasteiger partial charge in [-0.1, -0.05) is 135 Å². The largest absolute Gasteiger partial charge is 0.456 e. The van der Waals surface area contributed by atoms with Crippen LogP contribution in [-0.2, 0) is 5.41 Å². The average molecular weight is 691 g/mol. The molecule has 10 rings (SSSR count). The van der Waals surface area contributed by atoms with E-state index in [-0.39, 0.29) is 109 Å². The van der Waals surface area contributed by atoms with E-state index in [0.717, 1.165) is 0 Å². The molecule has 1 heteroatoms. The molecule has 52 heavy (non-hydrogen) atoms. The van der Waals surface area contributed by atoms with Gasteiger partial charge in [0.1, 0.15) is 11.2 Å². The summed E-state index contributed by atoms with van der Waals surface area (Å²) in [6.45, 7) is 9.40. The Labute approximate surface area is 336 Å². The van der Waals surface area contributed by atoms with E-state index in [0.29, 0.717) is 5.56 Å². The lowest BCUT2D eigenvalue weighted by atomic mass is 9.78. The van der Waals surface area contributed by atoms with Crippen molar-refractivity contribution < 1.29 is 34.6 Å². The van der Waals surface area contributed by atoms with Crippen LogP contribution in [0.2, 0.25) is 0 Å². The molecule has 0 aliphatic heterocycles. The van der Waals surface area contributed by atoms with Gasteiger partial charge >= 0.3 is 0 Å². The molecule has 8 aromatic carbocycles. The molecule has 0 saturated carbocycles. The molecule has 0 spiro atoms. The van der Waals surface area contributed by atoms with Crippen molar-refractivity contribution in [2.75, 3.05) is 0 Å². The lowest BCUT2D eigenvalue weighted by Gasteiger charge is -2.25. The van der Waals surface area contributed by atoms with Gasteiger partial charge in [-0.05, 0) is 139 Å². The summed E-state index contributed by atoms with van der Waals surface area (Å²) < 4.78 is 210. The van der Waals surface area contributed by atoms with E-state index in [9.17, 15) is 16.4 Å². The second-order valence-electron chi connectivity index (χ2n) is 13.6. The van der Waals surface area contributed by atoms with Gasteiger partial charge < -0.3 is 4.42 Å². The van der Waals surface area contributed by atoms with Gasteiger partial charge in [0, 0.05) is 16.2 Å². The summed E-state index contributed by atoms with van der Waals surface area (Å²) in [5.74, 6) is 0. The molecule has 1 nitrogen and oxygen atoms in total. The molecular weight excluding hydrogens is 629 g/mol. The van der Waals surface area contributed by atoms with Crippen LogP contribution in [0.4, 0.5) is 0 Å².